The molecular formula is C14H22NO4P. The lowest BCUT2D eigenvalue weighted by Crippen LogP contribution is -2.35. The summed E-state index contributed by atoms with van der Waals surface area (Å²) in [6, 6.07) is 8.23. The summed E-state index contributed by atoms with van der Waals surface area (Å²) in [5.74, 6) is 0.0940. The zero-order valence-corrected chi connectivity index (χ0v) is 13.1. The van der Waals surface area contributed by atoms with E-state index in [0.717, 1.165) is 6.42 Å². The molecule has 0 saturated carbocycles. The molecule has 1 rings (SSSR count). The maximum atomic E-state index is 12.6. The molecule has 6 heteroatoms. The maximum Gasteiger partial charge on any atom is 0.323 e. The molecule has 5 nitrogen and oxygen atoms in total. The van der Waals surface area contributed by atoms with Crippen LogP contribution < -0.4 is 9.61 Å². The van der Waals surface area contributed by atoms with Crippen molar-refractivity contribution in [1.29, 1.82) is 0 Å². The molecule has 0 aromatic heterocycles. The molecule has 1 aromatic carbocycles. The van der Waals surface area contributed by atoms with Crippen molar-refractivity contribution in [3.63, 3.8) is 0 Å². The number of hydrogen-bond donors (Lipinski definition) is 1. The van der Waals surface area contributed by atoms with Crippen molar-refractivity contribution in [2.75, 3.05) is 12.8 Å². The number of carbonyl (C=O) groups is 1. The summed E-state index contributed by atoms with van der Waals surface area (Å²) in [6.07, 6.45) is 1.04. The molecule has 2 atom stereocenters. The summed E-state index contributed by atoms with van der Waals surface area (Å²) >= 11 is 0. The Labute approximate surface area is 120 Å². The smallest absolute Gasteiger partial charge is 0.323 e. The van der Waals surface area contributed by atoms with Gasteiger partial charge in [0.2, 0.25) is 0 Å². The van der Waals surface area contributed by atoms with E-state index in [0.29, 0.717) is 12.4 Å². The van der Waals surface area contributed by atoms with E-state index in [4.69, 9.17) is 9.26 Å². The number of para-hydroxylation sites is 1. The molecular weight excluding hydrogens is 277 g/mol. The molecule has 0 aliphatic carbocycles. The van der Waals surface area contributed by atoms with Crippen LogP contribution in [-0.2, 0) is 14.1 Å². The van der Waals surface area contributed by atoms with Gasteiger partial charge in [0.1, 0.15) is 11.8 Å². The Morgan fingerprint density at radius 2 is 1.95 bits per heavy atom. The first-order chi connectivity index (χ1) is 9.50. The van der Waals surface area contributed by atoms with Crippen LogP contribution in [0.25, 0.3) is 0 Å². The quantitative estimate of drug-likeness (QED) is 0.590. The standard InChI is InChI=1S/C14H22NO4P/c1-4-11-18-14(16)12(3)15-20(17,5-2)19-13-9-7-6-8-10-13/h6-10,12H,4-5,11H2,1-3H3,(H,15,17). The Balaban J connectivity index is 2.65. The van der Waals surface area contributed by atoms with Gasteiger partial charge in [-0.2, -0.15) is 0 Å². The Morgan fingerprint density at radius 1 is 1.30 bits per heavy atom. The number of nitrogens with one attached hydrogen (secondary N) is 1. The van der Waals surface area contributed by atoms with Gasteiger partial charge in [0.05, 0.1) is 6.61 Å². The first-order valence-corrected chi connectivity index (χ1v) is 8.60. The molecule has 0 heterocycles. The van der Waals surface area contributed by atoms with Crippen LogP contribution in [0.3, 0.4) is 0 Å². The minimum absolute atomic E-state index is 0.285. The Bertz CT molecular complexity index is 464. The molecule has 1 aromatic rings. The number of esters is 1. The predicted octanol–water partition coefficient (Wildman–Crippen LogP) is 3.21. The van der Waals surface area contributed by atoms with E-state index in [1.54, 1.807) is 38.1 Å². The first-order valence-electron chi connectivity index (χ1n) is 6.79. The molecule has 112 valence electrons. The van der Waals surface area contributed by atoms with E-state index < -0.39 is 19.5 Å². The van der Waals surface area contributed by atoms with Gasteiger partial charge in [-0.15, -0.1) is 0 Å². The molecule has 2 unspecified atom stereocenters. The minimum Gasteiger partial charge on any atom is -0.465 e. The summed E-state index contributed by atoms with van der Waals surface area (Å²) in [7, 11) is -3.12. The van der Waals surface area contributed by atoms with Crippen molar-refractivity contribution in [3.8, 4) is 5.75 Å². The topological polar surface area (TPSA) is 64.6 Å². The van der Waals surface area contributed by atoms with Gasteiger partial charge in [0.15, 0.2) is 0 Å². The lowest BCUT2D eigenvalue weighted by molar-refractivity contribution is -0.145. The highest BCUT2D eigenvalue weighted by molar-refractivity contribution is 7.57. The van der Waals surface area contributed by atoms with Gasteiger partial charge in [0.25, 0.3) is 0 Å². The van der Waals surface area contributed by atoms with Crippen LogP contribution in [0.15, 0.2) is 30.3 Å². The van der Waals surface area contributed by atoms with Gasteiger partial charge in [-0.1, -0.05) is 32.0 Å². The highest BCUT2D eigenvalue weighted by Crippen LogP contribution is 2.42. The van der Waals surface area contributed by atoms with Gasteiger partial charge >= 0.3 is 13.5 Å². The van der Waals surface area contributed by atoms with Gasteiger partial charge < -0.3 is 9.26 Å². The SMILES string of the molecule is CCCOC(=O)C(C)NP(=O)(CC)Oc1ccccc1. The van der Waals surface area contributed by atoms with Crippen LogP contribution in [0.1, 0.15) is 27.2 Å². The first kappa shape index (κ1) is 16.7. The van der Waals surface area contributed by atoms with Gasteiger partial charge in [-0.05, 0) is 25.5 Å². The fraction of sp³-hybridized carbons (Fsp3) is 0.500. The molecule has 0 bridgehead atoms. The number of benzene rings is 1. The average Bonchev–Trinajstić information content (AvgIpc) is 2.45. The molecule has 0 radical (unpaired) electrons. The summed E-state index contributed by atoms with van der Waals surface area (Å²) in [5, 5.41) is 2.76. The predicted molar refractivity (Wildman–Crippen MR) is 79.1 cm³/mol. The van der Waals surface area contributed by atoms with Gasteiger partial charge in [-0.3, -0.25) is 9.36 Å². The molecule has 0 spiro atoms. The summed E-state index contributed by atoms with van der Waals surface area (Å²) in [5.41, 5.74) is 0. The molecule has 0 fully saturated rings. The van der Waals surface area contributed by atoms with E-state index in [1.807, 2.05) is 13.0 Å². The average molecular weight is 299 g/mol. The van der Waals surface area contributed by atoms with Gasteiger partial charge in [-0.25, -0.2) is 5.09 Å². The third kappa shape index (κ3) is 5.35. The van der Waals surface area contributed by atoms with E-state index in [9.17, 15) is 9.36 Å². The molecule has 20 heavy (non-hydrogen) atoms. The van der Waals surface area contributed by atoms with Crippen molar-refractivity contribution in [2.24, 2.45) is 0 Å². The maximum absolute atomic E-state index is 12.6. The Morgan fingerprint density at radius 3 is 2.50 bits per heavy atom. The van der Waals surface area contributed by atoms with Gasteiger partial charge in [0, 0.05) is 6.16 Å². The van der Waals surface area contributed by atoms with Crippen molar-refractivity contribution >= 4 is 13.5 Å². The zero-order chi connectivity index (χ0) is 15.0. The lowest BCUT2D eigenvalue weighted by Gasteiger charge is -2.22. The third-order valence-electron chi connectivity index (χ3n) is 2.60. The summed E-state index contributed by atoms with van der Waals surface area (Å²) in [4.78, 5) is 11.7. The molecule has 0 aliphatic heterocycles. The Kier molecular flexibility index (Phi) is 6.76. The van der Waals surface area contributed by atoms with Crippen molar-refractivity contribution < 1.29 is 18.6 Å². The molecule has 0 amide bonds. The van der Waals surface area contributed by atoms with E-state index >= 15 is 0 Å². The van der Waals surface area contributed by atoms with Crippen LogP contribution >= 0.6 is 7.52 Å². The Hall–Kier alpha value is -1.32. The second-order valence-corrected chi connectivity index (χ2v) is 6.83. The minimum atomic E-state index is -3.12. The number of carbonyl (C=O) groups excluding carboxylic acids is 1. The monoisotopic (exact) mass is 299 g/mol. The van der Waals surface area contributed by atoms with E-state index in [1.165, 1.54) is 0 Å². The third-order valence-corrected chi connectivity index (χ3v) is 4.72. The molecule has 0 saturated heterocycles. The van der Waals surface area contributed by atoms with Crippen LogP contribution in [0, 0.1) is 0 Å². The zero-order valence-electron chi connectivity index (χ0n) is 12.2. The largest absolute Gasteiger partial charge is 0.465 e. The molecule has 1 N–H and O–H groups in total. The molecule has 0 aliphatic rings. The van der Waals surface area contributed by atoms with Crippen LogP contribution in [0.2, 0.25) is 0 Å². The lowest BCUT2D eigenvalue weighted by atomic mass is 10.3. The van der Waals surface area contributed by atoms with Crippen LogP contribution in [0.5, 0.6) is 5.75 Å². The van der Waals surface area contributed by atoms with Crippen LogP contribution in [0.4, 0.5) is 0 Å². The van der Waals surface area contributed by atoms with E-state index in [2.05, 4.69) is 5.09 Å². The second-order valence-electron chi connectivity index (χ2n) is 4.41. The highest BCUT2D eigenvalue weighted by Gasteiger charge is 2.28. The number of ether oxygens (including phenoxy) is 1. The van der Waals surface area contributed by atoms with Crippen LogP contribution in [-0.4, -0.2) is 24.8 Å². The number of rotatable bonds is 8. The highest BCUT2D eigenvalue weighted by atomic mass is 31.2. The fourth-order valence-corrected chi connectivity index (χ4v) is 3.03. The summed E-state index contributed by atoms with van der Waals surface area (Å²) < 4.78 is 23.1. The second kappa shape index (κ2) is 8.08. The van der Waals surface area contributed by atoms with Crippen molar-refractivity contribution in [1.82, 2.24) is 5.09 Å². The van der Waals surface area contributed by atoms with Crippen molar-refractivity contribution in [2.45, 2.75) is 33.2 Å². The normalized spacial score (nSPS) is 15.2. The summed E-state index contributed by atoms with van der Waals surface area (Å²) in [6.45, 7) is 5.65. The fourth-order valence-electron chi connectivity index (χ4n) is 1.51. The van der Waals surface area contributed by atoms with Crippen molar-refractivity contribution in [3.05, 3.63) is 30.3 Å². The van der Waals surface area contributed by atoms with E-state index in [-0.39, 0.29) is 6.16 Å². The number of hydrogen-bond acceptors (Lipinski definition) is 4.